The molecule has 0 saturated carbocycles. The predicted molar refractivity (Wildman–Crippen MR) is 67.4 cm³/mol. The minimum Gasteiger partial charge on any atom is -0.467 e. The first kappa shape index (κ1) is 12.8. The summed E-state index contributed by atoms with van der Waals surface area (Å²) in [4.78, 5) is 12.0. The van der Waals surface area contributed by atoms with Crippen LogP contribution < -0.4 is 15.8 Å². The van der Waals surface area contributed by atoms with Crippen molar-refractivity contribution in [2.24, 2.45) is 5.41 Å². The highest BCUT2D eigenvalue weighted by Gasteiger charge is 2.27. The van der Waals surface area contributed by atoms with E-state index in [9.17, 15) is 0 Å². The van der Waals surface area contributed by atoms with Crippen molar-refractivity contribution in [1.29, 1.82) is 0 Å². The lowest BCUT2D eigenvalue weighted by molar-refractivity contribution is 0.0299. The van der Waals surface area contributed by atoms with Crippen molar-refractivity contribution < 1.29 is 9.47 Å². The van der Waals surface area contributed by atoms with Gasteiger partial charge in [-0.1, -0.05) is 6.92 Å². The number of ether oxygens (including phenoxy) is 2. The maximum absolute atomic E-state index is 5.57. The summed E-state index contributed by atoms with van der Waals surface area (Å²) in [6.45, 7) is 4.62. The van der Waals surface area contributed by atoms with Crippen LogP contribution in [0.5, 0.6) is 6.01 Å². The Hall–Kier alpha value is -1.63. The topological polar surface area (TPSA) is 95.2 Å². The summed E-state index contributed by atoms with van der Waals surface area (Å²) in [7, 11) is 1.50. The standard InChI is InChI=1S/C11H19N5O2/c1-11(3-5-18-6-4-11)7-13-9-14-8(12)15-10(16-9)17-2/h3-7H2,1-2H3,(H3,12,13,14,15,16). The molecule has 1 aliphatic heterocycles. The van der Waals surface area contributed by atoms with Gasteiger partial charge in [0.2, 0.25) is 11.9 Å². The Balaban J connectivity index is 1.98. The van der Waals surface area contributed by atoms with Crippen LogP contribution in [-0.4, -0.2) is 41.8 Å². The molecular formula is C11H19N5O2. The molecule has 0 bridgehead atoms. The fourth-order valence-electron chi connectivity index (χ4n) is 1.88. The van der Waals surface area contributed by atoms with E-state index in [1.54, 1.807) is 0 Å². The Morgan fingerprint density at radius 3 is 2.72 bits per heavy atom. The lowest BCUT2D eigenvalue weighted by Crippen LogP contribution is -2.33. The highest BCUT2D eigenvalue weighted by atomic mass is 16.5. The van der Waals surface area contributed by atoms with Gasteiger partial charge in [-0.25, -0.2) is 0 Å². The molecule has 0 atom stereocenters. The monoisotopic (exact) mass is 253 g/mol. The summed E-state index contributed by atoms with van der Waals surface area (Å²) in [5.41, 5.74) is 5.78. The third-order valence-electron chi connectivity index (χ3n) is 3.19. The van der Waals surface area contributed by atoms with E-state index in [-0.39, 0.29) is 17.4 Å². The maximum Gasteiger partial charge on any atom is 0.322 e. The van der Waals surface area contributed by atoms with Gasteiger partial charge in [0.15, 0.2) is 0 Å². The number of methoxy groups -OCH3 is 1. The quantitative estimate of drug-likeness (QED) is 0.815. The Kier molecular flexibility index (Phi) is 3.81. The number of rotatable bonds is 4. The van der Waals surface area contributed by atoms with Crippen molar-refractivity contribution in [3.05, 3.63) is 0 Å². The highest BCUT2D eigenvalue weighted by molar-refractivity contribution is 5.32. The van der Waals surface area contributed by atoms with Crippen LogP contribution >= 0.6 is 0 Å². The molecule has 0 spiro atoms. The predicted octanol–water partition coefficient (Wildman–Crippen LogP) is 0.691. The smallest absolute Gasteiger partial charge is 0.322 e. The number of nitrogen functional groups attached to an aromatic ring is 1. The van der Waals surface area contributed by atoms with Crippen molar-refractivity contribution in [3.8, 4) is 6.01 Å². The number of nitrogens with zero attached hydrogens (tertiary/aromatic N) is 3. The highest BCUT2D eigenvalue weighted by Crippen LogP contribution is 2.29. The zero-order valence-corrected chi connectivity index (χ0v) is 10.8. The zero-order chi connectivity index (χ0) is 13.0. The van der Waals surface area contributed by atoms with Crippen LogP contribution in [0, 0.1) is 5.41 Å². The Morgan fingerprint density at radius 2 is 2.06 bits per heavy atom. The van der Waals surface area contributed by atoms with E-state index in [1.807, 2.05) is 0 Å². The molecule has 0 amide bonds. The lowest BCUT2D eigenvalue weighted by atomic mass is 9.82. The van der Waals surface area contributed by atoms with Gasteiger partial charge in [0.05, 0.1) is 7.11 Å². The second-order valence-corrected chi connectivity index (χ2v) is 4.78. The van der Waals surface area contributed by atoms with Gasteiger partial charge in [-0.15, -0.1) is 0 Å². The van der Waals surface area contributed by atoms with Gasteiger partial charge >= 0.3 is 6.01 Å². The number of anilines is 2. The summed E-state index contributed by atoms with van der Waals surface area (Å²) in [6, 6.07) is 0.224. The lowest BCUT2D eigenvalue weighted by Gasteiger charge is -2.33. The molecule has 1 saturated heterocycles. The molecule has 2 rings (SSSR count). The second-order valence-electron chi connectivity index (χ2n) is 4.78. The Bertz CT molecular complexity index is 406. The molecule has 0 aromatic carbocycles. The van der Waals surface area contributed by atoms with Gasteiger partial charge in [0.1, 0.15) is 0 Å². The fourth-order valence-corrected chi connectivity index (χ4v) is 1.88. The van der Waals surface area contributed by atoms with Crippen molar-refractivity contribution in [3.63, 3.8) is 0 Å². The van der Waals surface area contributed by atoms with Gasteiger partial charge in [-0.05, 0) is 18.3 Å². The van der Waals surface area contributed by atoms with Crippen LogP contribution in [0.1, 0.15) is 19.8 Å². The summed E-state index contributed by atoms with van der Waals surface area (Å²) < 4.78 is 10.3. The maximum atomic E-state index is 5.57. The van der Waals surface area contributed by atoms with Gasteiger partial charge < -0.3 is 20.5 Å². The van der Waals surface area contributed by atoms with E-state index in [0.717, 1.165) is 32.6 Å². The Labute approximate surface area is 106 Å². The summed E-state index contributed by atoms with van der Waals surface area (Å²) in [5, 5.41) is 3.19. The summed E-state index contributed by atoms with van der Waals surface area (Å²) in [6.07, 6.45) is 2.05. The number of aromatic nitrogens is 3. The molecule has 0 radical (unpaired) electrons. The number of hydrogen-bond acceptors (Lipinski definition) is 7. The van der Waals surface area contributed by atoms with Crippen molar-refractivity contribution in [2.75, 3.05) is 37.9 Å². The molecule has 3 N–H and O–H groups in total. The molecule has 7 heteroatoms. The summed E-state index contributed by atoms with van der Waals surface area (Å²) >= 11 is 0. The van der Waals surface area contributed by atoms with E-state index in [2.05, 4.69) is 27.2 Å². The van der Waals surface area contributed by atoms with Crippen LogP contribution in [0.25, 0.3) is 0 Å². The molecule has 1 aromatic heterocycles. The van der Waals surface area contributed by atoms with Crippen LogP contribution in [-0.2, 0) is 4.74 Å². The molecule has 1 fully saturated rings. The molecule has 1 aromatic rings. The average molecular weight is 253 g/mol. The Morgan fingerprint density at radius 1 is 1.33 bits per heavy atom. The van der Waals surface area contributed by atoms with Crippen molar-refractivity contribution >= 4 is 11.9 Å². The zero-order valence-electron chi connectivity index (χ0n) is 10.8. The molecule has 100 valence electrons. The first-order valence-electron chi connectivity index (χ1n) is 5.98. The minimum absolute atomic E-state index is 0.154. The van der Waals surface area contributed by atoms with Crippen LogP contribution in [0.2, 0.25) is 0 Å². The fraction of sp³-hybridized carbons (Fsp3) is 0.727. The van der Waals surface area contributed by atoms with Gasteiger partial charge in [0.25, 0.3) is 0 Å². The normalized spacial score (nSPS) is 18.3. The van der Waals surface area contributed by atoms with Gasteiger partial charge in [-0.3, -0.25) is 0 Å². The van der Waals surface area contributed by atoms with Crippen LogP contribution in [0.3, 0.4) is 0 Å². The van der Waals surface area contributed by atoms with Gasteiger partial charge in [-0.2, -0.15) is 15.0 Å². The minimum atomic E-state index is 0.154. The molecule has 0 unspecified atom stereocenters. The van der Waals surface area contributed by atoms with Crippen molar-refractivity contribution in [1.82, 2.24) is 15.0 Å². The second kappa shape index (κ2) is 5.34. The average Bonchev–Trinajstić information content (AvgIpc) is 2.37. The molecule has 7 nitrogen and oxygen atoms in total. The van der Waals surface area contributed by atoms with E-state index in [0.29, 0.717) is 5.95 Å². The third kappa shape index (κ3) is 3.19. The first-order valence-corrected chi connectivity index (χ1v) is 5.98. The molecule has 18 heavy (non-hydrogen) atoms. The summed E-state index contributed by atoms with van der Waals surface area (Å²) in [5.74, 6) is 0.605. The number of nitrogens with two attached hydrogens (primary N) is 1. The number of nitrogens with one attached hydrogen (secondary N) is 1. The van der Waals surface area contributed by atoms with E-state index < -0.39 is 0 Å². The molecular weight excluding hydrogens is 234 g/mol. The number of hydrogen-bond donors (Lipinski definition) is 2. The SMILES string of the molecule is COc1nc(N)nc(NCC2(C)CCOCC2)n1. The third-order valence-corrected chi connectivity index (χ3v) is 3.19. The molecule has 2 heterocycles. The van der Waals surface area contributed by atoms with Crippen LogP contribution in [0.4, 0.5) is 11.9 Å². The van der Waals surface area contributed by atoms with E-state index in [4.69, 9.17) is 15.2 Å². The molecule has 1 aliphatic rings. The van der Waals surface area contributed by atoms with Crippen molar-refractivity contribution in [2.45, 2.75) is 19.8 Å². The van der Waals surface area contributed by atoms with Gasteiger partial charge in [0, 0.05) is 19.8 Å². The van der Waals surface area contributed by atoms with E-state index >= 15 is 0 Å². The largest absolute Gasteiger partial charge is 0.467 e. The van der Waals surface area contributed by atoms with Crippen LogP contribution in [0.15, 0.2) is 0 Å². The first-order chi connectivity index (χ1) is 8.61. The van der Waals surface area contributed by atoms with E-state index in [1.165, 1.54) is 7.11 Å². The molecule has 0 aliphatic carbocycles.